The molecule has 0 aromatic carbocycles. The Morgan fingerprint density at radius 2 is 2.18 bits per heavy atom. The van der Waals surface area contributed by atoms with Gasteiger partial charge in [-0.25, -0.2) is 0 Å². The van der Waals surface area contributed by atoms with Crippen molar-refractivity contribution in [2.75, 3.05) is 7.11 Å². The lowest BCUT2D eigenvalue weighted by Crippen LogP contribution is -2.61. The summed E-state index contributed by atoms with van der Waals surface area (Å²) in [6, 6.07) is 0. The van der Waals surface area contributed by atoms with Crippen molar-refractivity contribution in [3.05, 3.63) is 12.7 Å². The van der Waals surface area contributed by atoms with Gasteiger partial charge in [0.2, 0.25) is 0 Å². The molecule has 0 bridgehead atoms. The first kappa shape index (κ1) is 14.7. The van der Waals surface area contributed by atoms with Crippen LogP contribution in [0.5, 0.6) is 0 Å². The Bertz CT molecular complexity index is 262. The summed E-state index contributed by atoms with van der Waals surface area (Å²) in [6.07, 6.45) is 4.66. The van der Waals surface area contributed by atoms with Crippen molar-refractivity contribution in [2.24, 2.45) is 5.41 Å². The Morgan fingerprint density at radius 3 is 2.65 bits per heavy atom. The van der Waals surface area contributed by atoms with E-state index in [1.165, 1.54) is 0 Å². The molecule has 0 spiro atoms. The van der Waals surface area contributed by atoms with Gasteiger partial charge in [0, 0.05) is 12.5 Å². The standard InChI is InChI=1S/C14H26O3/c1-6-8-11-9-10-12(15)14(16-5,17-11)13(3,4)7-2/h6,11-12,15H,1,7-10H2,2-5H3/t11-,12?,14-/m1/s1. The van der Waals surface area contributed by atoms with Gasteiger partial charge in [0.1, 0.15) is 6.10 Å². The zero-order chi connectivity index (χ0) is 13.1. The van der Waals surface area contributed by atoms with Gasteiger partial charge in [0.15, 0.2) is 5.79 Å². The molecule has 1 rings (SSSR count). The van der Waals surface area contributed by atoms with E-state index in [1.807, 2.05) is 6.08 Å². The number of methoxy groups -OCH3 is 1. The minimum Gasteiger partial charge on any atom is -0.387 e. The maximum absolute atomic E-state index is 10.3. The summed E-state index contributed by atoms with van der Waals surface area (Å²) >= 11 is 0. The molecule has 1 fully saturated rings. The van der Waals surface area contributed by atoms with E-state index in [0.717, 1.165) is 25.7 Å². The van der Waals surface area contributed by atoms with Gasteiger partial charge < -0.3 is 14.6 Å². The maximum Gasteiger partial charge on any atom is 0.199 e. The summed E-state index contributed by atoms with van der Waals surface area (Å²) in [4.78, 5) is 0. The second kappa shape index (κ2) is 5.51. The van der Waals surface area contributed by atoms with Gasteiger partial charge in [0.25, 0.3) is 0 Å². The summed E-state index contributed by atoms with van der Waals surface area (Å²) in [7, 11) is 1.62. The smallest absolute Gasteiger partial charge is 0.199 e. The van der Waals surface area contributed by atoms with E-state index in [1.54, 1.807) is 7.11 Å². The average molecular weight is 242 g/mol. The van der Waals surface area contributed by atoms with Crippen LogP contribution >= 0.6 is 0 Å². The van der Waals surface area contributed by atoms with Crippen LogP contribution in [0, 0.1) is 5.41 Å². The van der Waals surface area contributed by atoms with Crippen molar-refractivity contribution in [3.8, 4) is 0 Å². The first-order chi connectivity index (χ1) is 7.93. The van der Waals surface area contributed by atoms with Gasteiger partial charge in [-0.15, -0.1) is 6.58 Å². The highest BCUT2D eigenvalue weighted by atomic mass is 16.7. The molecule has 0 aromatic heterocycles. The lowest BCUT2D eigenvalue weighted by molar-refractivity contribution is -0.356. The highest BCUT2D eigenvalue weighted by molar-refractivity contribution is 4.97. The Labute approximate surface area is 105 Å². The lowest BCUT2D eigenvalue weighted by Gasteiger charge is -2.52. The molecule has 3 atom stereocenters. The fraction of sp³-hybridized carbons (Fsp3) is 0.857. The van der Waals surface area contributed by atoms with E-state index in [9.17, 15) is 5.11 Å². The third-order valence-corrected chi connectivity index (χ3v) is 4.10. The van der Waals surface area contributed by atoms with E-state index in [0.29, 0.717) is 0 Å². The SMILES string of the molecule is C=CC[C@@H]1CCC(O)[C@](OC)(C(C)(C)CC)O1. The van der Waals surface area contributed by atoms with Crippen LogP contribution in [0.25, 0.3) is 0 Å². The molecular weight excluding hydrogens is 216 g/mol. The highest BCUT2D eigenvalue weighted by Crippen LogP contribution is 2.45. The van der Waals surface area contributed by atoms with Crippen molar-refractivity contribution >= 4 is 0 Å². The van der Waals surface area contributed by atoms with Crippen molar-refractivity contribution < 1.29 is 14.6 Å². The third kappa shape index (κ3) is 2.56. The van der Waals surface area contributed by atoms with E-state index in [2.05, 4.69) is 27.4 Å². The van der Waals surface area contributed by atoms with Gasteiger partial charge in [-0.3, -0.25) is 0 Å². The van der Waals surface area contributed by atoms with Crippen LogP contribution in [0.3, 0.4) is 0 Å². The molecule has 0 aliphatic carbocycles. The number of hydrogen-bond acceptors (Lipinski definition) is 3. The molecule has 0 radical (unpaired) electrons. The van der Waals surface area contributed by atoms with Crippen molar-refractivity contribution in [1.29, 1.82) is 0 Å². The van der Waals surface area contributed by atoms with Gasteiger partial charge in [-0.2, -0.15) is 0 Å². The largest absolute Gasteiger partial charge is 0.387 e. The summed E-state index contributed by atoms with van der Waals surface area (Å²) < 4.78 is 11.7. The summed E-state index contributed by atoms with van der Waals surface area (Å²) in [5, 5.41) is 10.3. The number of ether oxygens (including phenoxy) is 2. The van der Waals surface area contributed by atoms with Crippen LogP contribution in [0.1, 0.15) is 46.5 Å². The molecule has 1 N–H and O–H groups in total. The van der Waals surface area contributed by atoms with Crippen LogP contribution in [0.15, 0.2) is 12.7 Å². The molecular formula is C14H26O3. The van der Waals surface area contributed by atoms with Gasteiger partial charge in [-0.1, -0.05) is 26.8 Å². The molecule has 17 heavy (non-hydrogen) atoms. The number of rotatable bonds is 5. The lowest BCUT2D eigenvalue weighted by atomic mass is 9.74. The van der Waals surface area contributed by atoms with E-state index < -0.39 is 11.9 Å². The average Bonchev–Trinajstić information content (AvgIpc) is 2.31. The monoisotopic (exact) mass is 242 g/mol. The topological polar surface area (TPSA) is 38.7 Å². The van der Waals surface area contributed by atoms with Crippen molar-refractivity contribution in [3.63, 3.8) is 0 Å². The number of aliphatic hydroxyl groups is 1. The normalized spacial score (nSPS) is 34.6. The molecule has 3 nitrogen and oxygen atoms in total. The second-order valence-corrected chi connectivity index (χ2v) is 5.47. The van der Waals surface area contributed by atoms with E-state index in [4.69, 9.17) is 9.47 Å². The molecule has 100 valence electrons. The molecule has 0 aromatic rings. The van der Waals surface area contributed by atoms with Gasteiger partial charge >= 0.3 is 0 Å². The molecule has 1 aliphatic rings. The Morgan fingerprint density at radius 1 is 1.53 bits per heavy atom. The minimum absolute atomic E-state index is 0.0988. The van der Waals surface area contributed by atoms with Gasteiger partial charge in [-0.05, 0) is 25.7 Å². The zero-order valence-electron chi connectivity index (χ0n) is 11.5. The minimum atomic E-state index is -0.895. The zero-order valence-corrected chi connectivity index (χ0v) is 11.5. The molecule has 3 heteroatoms. The Hall–Kier alpha value is -0.380. The molecule has 0 saturated carbocycles. The Kier molecular flexibility index (Phi) is 4.76. The third-order valence-electron chi connectivity index (χ3n) is 4.10. The molecule has 0 amide bonds. The van der Waals surface area contributed by atoms with E-state index in [-0.39, 0.29) is 11.5 Å². The first-order valence-corrected chi connectivity index (χ1v) is 6.45. The van der Waals surface area contributed by atoms with Gasteiger partial charge in [0.05, 0.1) is 6.10 Å². The van der Waals surface area contributed by atoms with Crippen LogP contribution in [-0.2, 0) is 9.47 Å². The predicted molar refractivity (Wildman–Crippen MR) is 68.7 cm³/mol. The van der Waals surface area contributed by atoms with Crippen molar-refractivity contribution in [2.45, 2.75) is 64.4 Å². The summed E-state index contributed by atoms with van der Waals surface area (Å²) in [5.74, 6) is -0.895. The molecule has 1 saturated heterocycles. The van der Waals surface area contributed by atoms with Crippen LogP contribution in [0.2, 0.25) is 0 Å². The molecule has 1 unspecified atom stereocenters. The summed E-state index contributed by atoms with van der Waals surface area (Å²) in [5.41, 5.74) is -0.221. The van der Waals surface area contributed by atoms with Crippen molar-refractivity contribution in [1.82, 2.24) is 0 Å². The van der Waals surface area contributed by atoms with Crippen LogP contribution < -0.4 is 0 Å². The molecule has 1 aliphatic heterocycles. The highest BCUT2D eigenvalue weighted by Gasteiger charge is 2.54. The quantitative estimate of drug-likeness (QED) is 0.753. The van der Waals surface area contributed by atoms with Crippen LogP contribution in [-0.4, -0.2) is 30.2 Å². The van der Waals surface area contributed by atoms with E-state index >= 15 is 0 Å². The maximum atomic E-state index is 10.3. The summed E-state index contributed by atoms with van der Waals surface area (Å²) in [6.45, 7) is 10.00. The van der Waals surface area contributed by atoms with Crippen LogP contribution in [0.4, 0.5) is 0 Å². The number of aliphatic hydroxyl groups excluding tert-OH is 1. The fourth-order valence-electron chi connectivity index (χ4n) is 2.59. The first-order valence-electron chi connectivity index (χ1n) is 6.45. The fourth-order valence-corrected chi connectivity index (χ4v) is 2.59. The molecule has 1 heterocycles. The second-order valence-electron chi connectivity index (χ2n) is 5.47. The predicted octanol–water partition coefficient (Wildman–Crippen LogP) is 2.88. The Balaban J connectivity index is 2.97. The number of hydrogen-bond donors (Lipinski definition) is 1.